The van der Waals surface area contributed by atoms with E-state index in [4.69, 9.17) is 16.0 Å². The average Bonchev–Trinajstić information content (AvgIpc) is 3.09. The number of aliphatic hydroxyl groups excluding tert-OH is 1. The van der Waals surface area contributed by atoms with Crippen LogP contribution in [-0.4, -0.2) is 29.7 Å². The molecule has 0 saturated heterocycles. The molecular formula is C20H24ClN3O4. The quantitative estimate of drug-likeness (QED) is 0.619. The molecule has 28 heavy (non-hydrogen) atoms. The largest absolute Gasteiger partial charge is 0.450 e. The lowest BCUT2D eigenvalue weighted by Crippen LogP contribution is -2.52. The van der Waals surface area contributed by atoms with Gasteiger partial charge in [-0.2, -0.15) is 0 Å². The van der Waals surface area contributed by atoms with Crippen LogP contribution in [0.1, 0.15) is 61.6 Å². The van der Waals surface area contributed by atoms with Crippen molar-refractivity contribution >= 4 is 40.2 Å². The predicted molar refractivity (Wildman–Crippen MR) is 107 cm³/mol. The molecule has 1 fully saturated rings. The molecule has 1 atom stereocenters. The predicted octanol–water partition coefficient (Wildman–Crippen LogP) is 3.88. The lowest BCUT2D eigenvalue weighted by atomic mass is 9.74. The average molecular weight is 406 g/mol. The Labute approximate surface area is 167 Å². The molecule has 1 aromatic heterocycles. The Hall–Kier alpha value is -2.25. The van der Waals surface area contributed by atoms with Gasteiger partial charge in [0.2, 0.25) is 0 Å². The smallest absolute Gasteiger partial charge is 0.319 e. The Kier molecular flexibility index (Phi) is 4.97. The van der Waals surface area contributed by atoms with Crippen LogP contribution >= 0.6 is 11.6 Å². The minimum atomic E-state index is -0.597. The van der Waals surface area contributed by atoms with Crippen LogP contribution in [-0.2, 0) is 5.54 Å². The number of rotatable bonds is 4. The van der Waals surface area contributed by atoms with E-state index in [0.717, 1.165) is 37.7 Å². The van der Waals surface area contributed by atoms with Crippen molar-refractivity contribution in [1.29, 1.82) is 0 Å². The standard InChI is InChI=1S/C20H24ClN3O4/c1-2-12(25)10-22-18(26)14-9-11-8-13(21)16-15(17(11)28-14)20(24-19(27)23-16)6-4-3-5-7-20/h8-9,12,25H,2-7,10H2,1H3,(H,22,26)(H2,23,24,27). The second-order valence-electron chi connectivity index (χ2n) is 7.63. The minimum Gasteiger partial charge on any atom is -0.450 e. The molecule has 2 heterocycles. The van der Waals surface area contributed by atoms with E-state index in [0.29, 0.717) is 28.1 Å². The summed E-state index contributed by atoms with van der Waals surface area (Å²) in [6.07, 6.45) is 4.67. The third-order valence-corrected chi connectivity index (χ3v) is 6.03. The summed E-state index contributed by atoms with van der Waals surface area (Å²) >= 11 is 6.48. The maximum atomic E-state index is 12.5. The fraction of sp³-hybridized carbons (Fsp3) is 0.500. The number of aliphatic hydroxyl groups is 1. The van der Waals surface area contributed by atoms with Crippen LogP contribution < -0.4 is 16.0 Å². The Morgan fingerprint density at radius 2 is 2.11 bits per heavy atom. The molecule has 2 aromatic rings. The molecule has 1 aliphatic carbocycles. The number of anilines is 1. The van der Waals surface area contributed by atoms with Crippen LogP contribution in [0.5, 0.6) is 0 Å². The summed E-state index contributed by atoms with van der Waals surface area (Å²) in [5, 5.41) is 19.4. The molecule has 4 N–H and O–H groups in total. The van der Waals surface area contributed by atoms with E-state index in [1.807, 2.05) is 6.92 Å². The van der Waals surface area contributed by atoms with E-state index in [1.165, 1.54) is 0 Å². The van der Waals surface area contributed by atoms with Gasteiger partial charge in [-0.1, -0.05) is 37.8 Å². The SMILES string of the molecule is CCC(O)CNC(=O)c1cc2cc(Cl)c3c(c2o1)C1(CCCCC1)NC(=O)N3. The van der Waals surface area contributed by atoms with Gasteiger partial charge in [0, 0.05) is 17.5 Å². The van der Waals surface area contributed by atoms with Crippen LogP contribution in [0.15, 0.2) is 16.5 Å². The van der Waals surface area contributed by atoms with Gasteiger partial charge in [-0.25, -0.2) is 4.79 Å². The van der Waals surface area contributed by atoms with Gasteiger partial charge in [0.25, 0.3) is 5.91 Å². The maximum Gasteiger partial charge on any atom is 0.319 e. The van der Waals surface area contributed by atoms with Gasteiger partial charge >= 0.3 is 6.03 Å². The Bertz CT molecular complexity index is 933. The highest BCUT2D eigenvalue weighted by Gasteiger charge is 2.43. The number of carbonyl (C=O) groups excluding carboxylic acids is 2. The molecule has 1 aliphatic heterocycles. The zero-order valence-electron chi connectivity index (χ0n) is 15.7. The number of hydrogen-bond donors (Lipinski definition) is 4. The second-order valence-corrected chi connectivity index (χ2v) is 8.04. The molecule has 3 amide bonds. The molecule has 2 aliphatic rings. The van der Waals surface area contributed by atoms with Crippen LogP contribution in [0.2, 0.25) is 5.02 Å². The van der Waals surface area contributed by atoms with Gasteiger partial charge in [0.1, 0.15) is 5.58 Å². The van der Waals surface area contributed by atoms with Crippen molar-refractivity contribution in [2.45, 2.75) is 57.1 Å². The fourth-order valence-electron chi connectivity index (χ4n) is 4.24. The highest BCUT2D eigenvalue weighted by atomic mass is 35.5. The van der Waals surface area contributed by atoms with Gasteiger partial charge < -0.3 is 25.5 Å². The monoisotopic (exact) mass is 405 g/mol. The van der Waals surface area contributed by atoms with E-state index in [1.54, 1.807) is 12.1 Å². The van der Waals surface area contributed by atoms with E-state index in [2.05, 4.69) is 16.0 Å². The highest BCUT2D eigenvalue weighted by molar-refractivity contribution is 6.35. The third-order valence-electron chi connectivity index (χ3n) is 5.73. The number of hydrogen-bond acceptors (Lipinski definition) is 4. The second kappa shape index (κ2) is 7.29. The number of urea groups is 1. The van der Waals surface area contributed by atoms with Crippen molar-refractivity contribution < 1.29 is 19.1 Å². The lowest BCUT2D eigenvalue weighted by Gasteiger charge is -2.42. The van der Waals surface area contributed by atoms with E-state index in [9.17, 15) is 14.7 Å². The first kappa shape index (κ1) is 19.1. The molecule has 150 valence electrons. The van der Waals surface area contributed by atoms with Crippen molar-refractivity contribution in [1.82, 2.24) is 10.6 Å². The Morgan fingerprint density at radius 3 is 2.82 bits per heavy atom. The summed E-state index contributed by atoms with van der Waals surface area (Å²) in [7, 11) is 0. The first-order valence-electron chi connectivity index (χ1n) is 9.75. The third kappa shape index (κ3) is 3.22. The number of nitrogens with one attached hydrogen (secondary N) is 3. The number of halogens is 1. The molecule has 1 aromatic carbocycles. The van der Waals surface area contributed by atoms with Crippen molar-refractivity contribution in [3.05, 3.63) is 28.5 Å². The van der Waals surface area contributed by atoms with Gasteiger partial charge in [-0.05, 0) is 31.4 Å². The van der Waals surface area contributed by atoms with Crippen LogP contribution in [0, 0.1) is 0 Å². The van der Waals surface area contributed by atoms with Gasteiger partial charge in [0.15, 0.2) is 5.76 Å². The summed E-state index contributed by atoms with van der Waals surface area (Å²) in [4.78, 5) is 24.8. The summed E-state index contributed by atoms with van der Waals surface area (Å²) < 4.78 is 5.97. The molecule has 7 nitrogen and oxygen atoms in total. The summed E-state index contributed by atoms with van der Waals surface area (Å²) in [6.45, 7) is 2.00. The minimum absolute atomic E-state index is 0.158. The molecular weight excluding hydrogens is 382 g/mol. The molecule has 4 rings (SSSR count). The highest BCUT2D eigenvalue weighted by Crippen LogP contribution is 2.48. The number of carbonyl (C=O) groups is 2. The first-order valence-corrected chi connectivity index (χ1v) is 10.1. The molecule has 1 unspecified atom stereocenters. The number of benzene rings is 1. The zero-order chi connectivity index (χ0) is 19.9. The fourth-order valence-corrected chi connectivity index (χ4v) is 4.50. The van der Waals surface area contributed by atoms with Crippen molar-refractivity contribution in [2.24, 2.45) is 0 Å². The number of fused-ring (bicyclic) bond motifs is 4. The molecule has 1 saturated carbocycles. The van der Waals surface area contributed by atoms with E-state index < -0.39 is 11.6 Å². The number of furan rings is 1. The van der Waals surface area contributed by atoms with E-state index in [-0.39, 0.29) is 24.2 Å². The van der Waals surface area contributed by atoms with Gasteiger partial charge in [0.05, 0.1) is 22.4 Å². The van der Waals surface area contributed by atoms with Crippen LogP contribution in [0.4, 0.5) is 10.5 Å². The van der Waals surface area contributed by atoms with Crippen LogP contribution in [0.25, 0.3) is 11.0 Å². The molecule has 0 bridgehead atoms. The normalized spacial score (nSPS) is 19.0. The van der Waals surface area contributed by atoms with Crippen molar-refractivity contribution in [3.63, 3.8) is 0 Å². The lowest BCUT2D eigenvalue weighted by molar-refractivity contribution is 0.0888. The van der Waals surface area contributed by atoms with Crippen molar-refractivity contribution in [3.8, 4) is 0 Å². The number of amides is 3. The summed E-state index contributed by atoms with van der Waals surface area (Å²) in [6, 6.07) is 3.09. The molecule has 8 heteroatoms. The zero-order valence-corrected chi connectivity index (χ0v) is 16.5. The van der Waals surface area contributed by atoms with Crippen molar-refractivity contribution in [2.75, 3.05) is 11.9 Å². The molecule has 1 spiro atoms. The Balaban J connectivity index is 1.79. The molecule has 0 radical (unpaired) electrons. The first-order chi connectivity index (χ1) is 13.4. The van der Waals surface area contributed by atoms with Gasteiger partial charge in [-0.15, -0.1) is 0 Å². The maximum absolute atomic E-state index is 12.5. The topological polar surface area (TPSA) is 104 Å². The van der Waals surface area contributed by atoms with Gasteiger partial charge in [-0.3, -0.25) is 4.79 Å². The van der Waals surface area contributed by atoms with E-state index >= 15 is 0 Å². The Morgan fingerprint density at radius 1 is 1.36 bits per heavy atom. The van der Waals surface area contributed by atoms with Crippen LogP contribution in [0.3, 0.4) is 0 Å². The summed E-state index contributed by atoms with van der Waals surface area (Å²) in [5.41, 5.74) is 1.41. The summed E-state index contributed by atoms with van der Waals surface area (Å²) in [5.74, 6) is -0.232.